The molecule has 2 nitrogen and oxygen atoms in total. The first-order valence-electron chi connectivity index (χ1n) is 3.57. The van der Waals surface area contributed by atoms with Gasteiger partial charge in [-0.25, -0.2) is 4.98 Å². The number of rotatable bonds is 0. The van der Waals surface area contributed by atoms with Gasteiger partial charge in [0.25, 0.3) is 0 Å². The second-order valence-electron chi connectivity index (χ2n) is 2.69. The van der Waals surface area contributed by atoms with Gasteiger partial charge in [0, 0.05) is 0 Å². The van der Waals surface area contributed by atoms with Gasteiger partial charge < -0.3 is 4.98 Å². The first kappa shape index (κ1) is 5.71. The van der Waals surface area contributed by atoms with Crippen molar-refractivity contribution in [1.82, 2.24) is 9.97 Å². The molecule has 1 heterocycles. The molecule has 2 rings (SSSR count). The maximum Gasteiger partial charge on any atom is 0.0931 e. The monoisotopic (exact) mass is 134 g/mol. The third kappa shape index (κ3) is 0.685. The summed E-state index contributed by atoms with van der Waals surface area (Å²) in [6, 6.07) is 0. The number of nitrogens with zero attached hydrogens (tertiary/aromatic N) is 1. The van der Waals surface area contributed by atoms with E-state index in [-0.39, 0.29) is 0 Å². The van der Waals surface area contributed by atoms with E-state index in [1.54, 1.807) is 6.33 Å². The lowest BCUT2D eigenvalue weighted by molar-refractivity contribution is 1.04. The molecule has 0 fully saturated rings. The van der Waals surface area contributed by atoms with Gasteiger partial charge in [-0.2, -0.15) is 0 Å². The van der Waals surface area contributed by atoms with Gasteiger partial charge in [-0.1, -0.05) is 6.08 Å². The minimum Gasteiger partial charge on any atom is -0.345 e. The van der Waals surface area contributed by atoms with Crippen LogP contribution >= 0.6 is 0 Å². The van der Waals surface area contributed by atoms with Crippen molar-refractivity contribution in [3.05, 3.63) is 17.0 Å². The molecule has 1 N–H and O–H groups in total. The molecule has 0 saturated carbocycles. The highest BCUT2D eigenvalue weighted by Gasteiger charge is 1.99. The molecule has 1 aromatic heterocycles. The summed E-state index contributed by atoms with van der Waals surface area (Å²) in [5, 5.41) is 2.36. The summed E-state index contributed by atoms with van der Waals surface area (Å²) in [6.07, 6.45) is 6.28. The van der Waals surface area contributed by atoms with Crippen molar-refractivity contribution in [3.63, 3.8) is 0 Å². The number of aromatic amines is 1. The molecule has 0 bridgehead atoms. The van der Waals surface area contributed by atoms with Crippen LogP contribution in [0.2, 0.25) is 0 Å². The minimum atomic E-state index is 1.15. The van der Waals surface area contributed by atoms with E-state index in [4.69, 9.17) is 0 Å². The average Bonchev–Trinajstić information content (AvgIpc) is 2.36. The van der Waals surface area contributed by atoms with Crippen LogP contribution in [-0.2, 0) is 0 Å². The lowest BCUT2D eigenvalue weighted by Crippen LogP contribution is -2.28. The zero-order valence-electron chi connectivity index (χ0n) is 6.02. The van der Waals surface area contributed by atoms with E-state index in [0.29, 0.717) is 0 Å². The molecule has 0 aliphatic heterocycles. The van der Waals surface area contributed by atoms with Crippen molar-refractivity contribution >= 4 is 11.6 Å². The molecular formula is C8H10N2. The third-order valence-corrected chi connectivity index (χ3v) is 1.94. The van der Waals surface area contributed by atoms with Crippen LogP contribution in [0.15, 0.2) is 6.33 Å². The number of nitrogens with one attached hydrogen (secondary N) is 1. The van der Waals surface area contributed by atoms with Crippen molar-refractivity contribution in [2.75, 3.05) is 0 Å². The molecule has 1 aliphatic rings. The summed E-state index contributed by atoms with van der Waals surface area (Å²) in [5.74, 6) is 0. The maximum absolute atomic E-state index is 4.21. The summed E-state index contributed by atoms with van der Waals surface area (Å²) in [6.45, 7) is 2.15. The summed E-state index contributed by atoms with van der Waals surface area (Å²) in [7, 11) is 0. The quantitative estimate of drug-likeness (QED) is 0.537. The number of fused-ring (bicyclic) bond motifs is 1. The first-order valence-corrected chi connectivity index (χ1v) is 3.57. The van der Waals surface area contributed by atoms with E-state index < -0.39 is 0 Å². The number of hydrogen-bond acceptors (Lipinski definition) is 1. The Morgan fingerprint density at radius 1 is 1.60 bits per heavy atom. The molecule has 0 amide bonds. The number of imidazole rings is 1. The fourth-order valence-corrected chi connectivity index (χ4v) is 1.35. The fourth-order valence-electron chi connectivity index (χ4n) is 1.35. The van der Waals surface area contributed by atoms with E-state index in [1.807, 2.05) is 0 Å². The molecule has 10 heavy (non-hydrogen) atoms. The molecule has 0 spiro atoms. The lowest BCUT2D eigenvalue weighted by atomic mass is 10.1. The van der Waals surface area contributed by atoms with Crippen LogP contribution < -0.4 is 10.7 Å². The maximum atomic E-state index is 4.21. The molecule has 1 aromatic rings. The van der Waals surface area contributed by atoms with Gasteiger partial charge in [0.15, 0.2) is 0 Å². The minimum absolute atomic E-state index is 1.15. The molecule has 0 radical (unpaired) electrons. The van der Waals surface area contributed by atoms with Crippen molar-refractivity contribution in [3.8, 4) is 0 Å². The lowest BCUT2D eigenvalue weighted by Gasteiger charge is -1.99. The van der Waals surface area contributed by atoms with Crippen molar-refractivity contribution in [1.29, 1.82) is 0 Å². The fraction of sp³-hybridized carbons (Fsp3) is 0.375. The molecular weight excluding hydrogens is 124 g/mol. The third-order valence-electron chi connectivity index (χ3n) is 1.94. The summed E-state index contributed by atoms with van der Waals surface area (Å²) < 4.78 is 0. The van der Waals surface area contributed by atoms with Crippen molar-refractivity contribution in [2.45, 2.75) is 19.8 Å². The molecule has 0 aromatic carbocycles. The SMILES string of the molecule is CC1=c2nc[nH]c2=CCC1. The highest BCUT2D eigenvalue weighted by Crippen LogP contribution is 2.04. The molecule has 0 saturated heterocycles. The van der Waals surface area contributed by atoms with Crippen LogP contribution in [0.25, 0.3) is 11.6 Å². The molecule has 0 unspecified atom stereocenters. The summed E-state index contributed by atoms with van der Waals surface area (Å²) >= 11 is 0. The van der Waals surface area contributed by atoms with Gasteiger partial charge in [-0.05, 0) is 25.3 Å². The Bertz CT molecular complexity index is 346. The molecule has 2 heteroatoms. The van der Waals surface area contributed by atoms with Crippen LogP contribution in [0.5, 0.6) is 0 Å². The molecule has 52 valence electrons. The predicted octanol–water partition coefficient (Wildman–Crippen LogP) is 0.155. The average molecular weight is 134 g/mol. The predicted molar refractivity (Wildman–Crippen MR) is 40.6 cm³/mol. The van der Waals surface area contributed by atoms with Gasteiger partial charge >= 0.3 is 0 Å². The van der Waals surface area contributed by atoms with E-state index >= 15 is 0 Å². The standard InChI is InChI=1S/C8H10N2/c1-6-3-2-4-7-8(6)10-5-9-7/h4-5H,2-3H2,1H3,(H,9,10). The second-order valence-corrected chi connectivity index (χ2v) is 2.69. The summed E-state index contributed by atoms with van der Waals surface area (Å²) in [5.41, 5.74) is 1.40. The van der Waals surface area contributed by atoms with Crippen LogP contribution in [0, 0.1) is 0 Å². The van der Waals surface area contributed by atoms with E-state index in [0.717, 1.165) is 18.2 Å². The van der Waals surface area contributed by atoms with Gasteiger partial charge in [0.1, 0.15) is 0 Å². The first-order chi connectivity index (χ1) is 4.88. The summed E-state index contributed by atoms with van der Waals surface area (Å²) in [4.78, 5) is 7.31. The van der Waals surface area contributed by atoms with Crippen LogP contribution in [0.3, 0.4) is 0 Å². The Morgan fingerprint density at radius 3 is 3.30 bits per heavy atom. The zero-order valence-corrected chi connectivity index (χ0v) is 6.02. The largest absolute Gasteiger partial charge is 0.345 e. The topological polar surface area (TPSA) is 28.7 Å². The Hall–Kier alpha value is -1.05. The Kier molecular flexibility index (Phi) is 1.13. The van der Waals surface area contributed by atoms with E-state index in [2.05, 4.69) is 23.0 Å². The van der Waals surface area contributed by atoms with Crippen molar-refractivity contribution < 1.29 is 0 Å². The van der Waals surface area contributed by atoms with Crippen molar-refractivity contribution in [2.24, 2.45) is 0 Å². The smallest absolute Gasteiger partial charge is 0.0931 e. The van der Waals surface area contributed by atoms with Crippen LogP contribution in [0.1, 0.15) is 19.8 Å². The zero-order chi connectivity index (χ0) is 6.97. The molecule has 1 aliphatic carbocycles. The Balaban J connectivity index is 2.91. The van der Waals surface area contributed by atoms with Crippen LogP contribution in [0.4, 0.5) is 0 Å². The Labute approximate surface area is 59.3 Å². The number of aromatic nitrogens is 2. The number of hydrogen-bond donors (Lipinski definition) is 1. The highest BCUT2D eigenvalue weighted by atomic mass is 14.9. The second kappa shape index (κ2) is 1.97. The van der Waals surface area contributed by atoms with E-state index in [1.165, 1.54) is 10.9 Å². The number of H-pyrrole nitrogens is 1. The van der Waals surface area contributed by atoms with Gasteiger partial charge in [-0.3, -0.25) is 0 Å². The highest BCUT2D eigenvalue weighted by molar-refractivity contribution is 5.45. The molecule has 0 atom stereocenters. The van der Waals surface area contributed by atoms with Gasteiger partial charge in [0.05, 0.1) is 17.0 Å². The van der Waals surface area contributed by atoms with E-state index in [9.17, 15) is 0 Å². The van der Waals surface area contributed by atoms with Crippen LogP contribution in [-0.4, -0.2) is 9.97 Å². The van der Waals surface area contributed by atoms with Gasteiger partial charge in [-0.15, -0.1) is 0 Å². The normalized spacial score (nSPS) is 16.3. The van der Waals surface area contributed by atoms with Gasteiger partial charge in [0.2, 0.25) is 0 Å². The Morgan fingerprint density at radius 2 is 2.50 bits per heavy atom.